The Kier molecular flexibility index (Phi) is 6.55. The topological polar surface area (TPSA) is 85.0 Å². The Morgan fingerprint density at radius 1 is 1.13 bits per heavy atom. The number of benzene rings is 2. The summed E-state index contributed by atoms with van der Waals surface area (Å²) in [4.78, 5) is 30.4. The van der Waals surface area contributed by atoms with Gasteiger partial charge in [-0.3, -0.25) is 9.59 Å². The molecule has 0 atom stereocenters. The highest BCUT2D eigenvalue weighted by Gasteiger charge is 2.30. The van der Waals surface area contributed by atoms with E-state index in [1.165, 1.54) is 11.8 Å². The summed E-state index contributed by atoms with van der Waals surface area (Å²) < 4.78 is 5.78. The zero-order valence-electron chi connectivity index (χ0n) is 16.4. The Bertz CT molecular complexity index is 1080. The standard InChI is InChI=1S/C22H19Cl2N3O3S/c23-15-2-5-16(6-3-15)30-17-4-1-14(18(24)12-17)11-19-21(29)26-22(31-19)27-9-7-13(8-10-27)20(25)28/h1-6,11-13H,7-10H2,(H2,25,28). The molecular formula is C22H19Cl2N3O3S. The van der Waals surface area contributed by atoms with Crippen LogP contribution in [0.5, 0.6) is 11.5 Å². The normalized spacial score (nSPS) is 18.4. The largest absolute Gasteiger partial charge is 0.457 e. The number of rotatable bonds is 4. The lowest BCUT2D eigenvalue weighted by Gasteiger charge is -2.31. The molecule has 2 N–H and O–H groups in total. The van der Waals surface area contributed by atoms with Gasteiger partial charge in [-0.1, -0.05) is 23.2 Å². The monoisotopic (exact) mass is 475 g/mol. The minimum Gasteiger partial charge on any atom is -0.457 e. The van der Waals surface area contributed by atoms with E-state index in [9.17, 15) is 9.59 Å². The molecule has 160 valence electrons. The van der Waals surface area contributed by atoms with Crippen LogP contribution in [0, 0.1) is 5.92 Å². The molecule has 2 aliphatic heterocycles. The first-order valence-corrected chi connectivity index (χ1v) is 11.3. The van der Waals surface area contributed by atoms with Crippen LogP contribution in [-0.2, 0) is 9.59 Å². The maximum Gasteiger partial charge on any atom is 0.286 e. The van der Waals surface area contributed by atoms with E-state index in [1.807, 2.05) is 4.90 Å². The molecule has 9 heteroatoms. The molecule has 1 fully saturated rings. The van der Waals surface area contributed by atoms with Gasteiger partial charge in [0.05, 0.1) is 9.93 Å². The molecule has 0 unspecified atom stereocenters. The van der Waals surface area contributed by atoms with Crippen LogP contribution in [0.3, 0.4) is 0 Å². The van der Waals surface area contributed by atoms with Crippen molar-refractivity contribution >= 4 is 58.0 Å². The summed E-state index contributed by atoms with van der Waals surface area (Å²) in [5, 5.41) is 1.74. The lowest BCUT2D eigenvalue weighted by molar-refractivity contribution is -0.123. The molecule has 2 aromatic rings. The predicted molar refractivity (Wildman–Crippen MR) is 124 cm³/mol. The van der Waals surface area contributed by atoms with Gasteiger partial charge in [-0.15, -0.1) is 0 Å². The van der Waals surface area contributed by atoms with Crippen molar-refractivity contribution in [3.05, 3.63) is 63.0 Å². The molecule has 0 bridgehead atoms. The second-order valence-electron chi connectivity index (χ2n) is 7.21. The van der Waals surface area contributed by atoms with Crippen molar-refractivity contribution in [1.29, 1.82) is 0 Å². The Hall–Kier alpha value is -2.48. The van der Waals surface area contributed by atoms with E-state index >= 15 is 0 Å². The maximum atomic E-state index is 12.4. The molecule has 2 aliphatic rings. The van der Waals surface area contributed by atoms with Crippen molar-refractivity contribution < 1.29 is 14.3 Å². The third-order valence-electron chi connectivity index (χ3n) is 5.08. The van der Waals surface area contributed by atoms with Crippen LogP contribution < -0.4 is 10.5 Å². The summed E-state index contributed by atoms with van der Waals surface area (Å²) in [5.41, 5.74) is 6.09. The Morgan fingerprint density at radius 2 is 1.81 bits per heavy atom. The second-order valence-corrected chi connectivity index (χ2v) is 9.07. The molecular weight excluding hydrogens is 457 g/mol. The average Bonchev–Trinajstić information content (AvgIpc) is 3.12. The first kappa shape index (κ1) is 21.7. The number of nitrogens with two attached hydrogens (primary N) is 1. The molecule has 2 amide bonds. The highest BCUT2D eigenvalue weighted by Crippen LogP contribution is 2.34. The average molecular weight is 476 g/mol. The number of hydrogen-bond donors (Lipinski definition) is 1. The van der Waals surface area contributed by atoms with E-state index in [0.717, 1.165) is 0 Å². The highest BCUT2D eigenvalue weighted by molar-refractivity contribution is 8.18. The van der Waals surface area contributed by atoms with Gasteiger partial charge in [0, 0.05) is 24.0 Å². The molecule has 0 aliphatic carbocycles. The third kappa shape index (κ3) is 5.23. The van der Waals surface area contributed by atoms with Crippen LogP contribution in [0.15, 0.2) is 52.4 Å². The maximum absolute atomic E-state index is 12.4. The molecule has 2 heterocycles. The molecule has 0 radical (unpaired) electrons. The van der Waals surface area contributed by atoms with Crippen LogP contribution in [0.2, 0.25) is 10.0 Å². The number of piperidine rings is 1. The number of nitrogens with zero attached hydrogens (tertiary/aromatic N) is 2. The Morgan fingerprint density at radius 3 is 2.45 bits per heavy atom. The van der Waals surface area contributed by atoms with E-state index < -0.39 is 0 Å². The summed E-state index contributed by atoms with van der Waals surface area (Å²) in [5.74, 6) is 0.548. The van der Waals surface area contributed by atoms with Crippen LogP contribution in [-0.4, -0.2) is 35.0 Å². The number of aliphatic imine (C=N–C) groups is 1. The molecule has 0 spiro atoms. The van der Waals surface area contributed by atoms with Crippen molar-refractivity contribution in [1.82, 2.24) is 4.90 Å². The van der Waals surface area contributed by atoms with Crippen molar-refractivity contribution in [3.63, 3.8) is 0 Å². The lowest BCUT2D eigenvalue weighted by Crippen LogP contribution is -2.40. The smallest absolute Gasteiger partial charge is 0.286 e. The van der Waals surface area contributed by atoms with Crippen molar-refractivity contribution in [2.24, 2.45) is 16.6 Å². The molecule has 4 rings (SSSR count). The summed E-state index contributed by atoms with van der Waals surface area (Å²) in [6, 6.07) is 12.3. The molecule has 0 aromatic heterocycles. The fraction of sp³-hybridized carbons (Fsp3) is 0.227. The number of amides is 2. The zero-order valence-corrected chi connectivity index (χ0v) is 18.7. The molecule has 31 heavy (non-hydrogen) atoms. The summed E-state index contributed by atoms with van der Waals surface area (Å²) in [6.07, 6.45) is 3.07. The van der Waals surface area contributed by atoms with E-state index in [4.69, 9.17) is 33.7 Å². The van der Waals surface area contributed by atoms with Crippen molar-refractivity contribution in [3.8, 4) is 11.5 Å². The SMILES string of the molecule is NC(=O)C1CCN(C2=NC(=O)C(=Cc3ccc(Oc4ccc(Cl)cc4)cc3Cl)S2)CC1. The molecule has 6 nitrogen and oxygen atoms in total. The van der Waals surface area contributed by atoms with Gasteiger partial charge in [-0.05, 0) is 78.7 Å². The minimum atomic E-state index is -0.297. The Balaban J connectivity index is 1.42. The first-order chi connectivity index (χ1) is 14.9. The van der Waals surface area contributed by atoms with E-state index in [1.54, 1.807) is 48.5 Å². The number of thioether (sulfide) groups is 1. The number of carbonyl (C=O) groups excluding carboxylic acids is 2. The number of likely N-dealkylation sites (tertiary alicyclic amines) is 1. The van der Waals surface area contributed by atoms with Crippen LogP contribution in [0.1, 0.15) is 18.4 Å². The number of ether oxygens (including phenoxy) is 1. The van der Waals surface area contributed by atoms with Gasteiger partial charge in [0.2, 0.25) is 5.91 Å². The zero-order chi connectivity index (χ0) is 22.0. The van der Waals surface area contributed by atoms with Crippen LogP contribution in [0.4, 0.5) is 0 Å². The van der Waals surface area contributed by atoms with Gasteiger partial charge in [0.15, 0.2) is 5.17 Å². The fourth-order valence-corrected chi connectivity index (χ4v) is 4.66. The van der Waals surface area contributed by atoms with Gasteiger partial charge < -0.3 is 15.4 Å². The van der Waals surface area contributed by atoms with Crippen molar-refractivity contribution in [2.45, 2.75) is 12.8 Å². The number of hydrogen-bond acceptors (Lipinski definition) is 5. The van der Waals surface area contributed by atoms with E-state index in [-0.39, 0.29) is 17.7 Å². The number of halogens is 2. The van der Waals surface area contributed by atoms with Gasteiger partial charge in [-0.25, -0.2) is 0 Å². The highest BCUT2D eigenvalue weighted by atomic mass is 35.5. The first-order valence-electron chi connectivity index (χ1n) is 9.69. The van der Waals surface area contributed by atoms with Crippen molar-refractivity contribution in [2.75, 3.05) is 13.1 Å². The molecule has 0 saturated carbocycles. The fourth-order valence-electron chi connectivity index (χ4n) is 3.36. The summed E-state index contributed by atoms with van der Waals surface area (Å²) in [7, 11) is 0. The second kappa shape index (κ2) is 9.34. The van der Waals surface area contributed by atoms with Gasteiger partial charge in [-0.2, -0.15) is 4.99 Å². The third-order valence-corrected chi connectivity index (χ3v) is 6.71. The quantitative estimate of drug-likeness (QED) is 0.631. The summed E-state index contributed by atoms with van der Waals surface area (Å²) in [6.45, 7) is 1.30. The number of primary amides is 1. The number of amidine groups is 1. The number of carbonyl (C=O) groups is 2. The predicted octanol–water partition coefficient (Wildman–Crippen LogP) is 4.95. The van der Waals surface area contributed by atoms with Gasteiger partial charge >= 0.3 is 0 Å². The van der Waals surface area contributed by atoms with Gasteiger partial charge in [0.25, 0.3) is 5.91 Å². The van der Waals surface area contributed by atoms with E-state index in [2.05, 4.69) is 4.99 Å². The minimum absolute atomic E-state index is 0.110. The lowest BCUT2D eigenvalue weighted by atomic mass is 9.97. The summed E-state index contributed by atoms with van der Waals surface area (Å²) >= 11 is 13.6. The Labute approximate surface area is 194 Å². The van der Waals surface area contributed by atoms with Crippen LogP contribution >= 0.6 is 35.0 Å². The van der Waals surface area contributed by atoms with Crippen LogP contribution in [0.25, 0.3) is 6.08 Å². The molecule has 1 saturated heterocycles. The van der Waals surface area contributed by atoms with Gasteiger partial charge in [0.1, 0.15) is 11.5 Å². The molecule has 2 aromatic carbocycles. The van der Waals surface area contributed by atoms with E-state index in [0.29, 0.717) is 63.1 Å².